The number of cyclic esters (lactones) is 1. The van der Waals surface area contributed by atoms with Crippen LogP contribution in [0.2, 0.25) is 0 Å². The Hall–Kier alpha value is -3.25. The fourth-order valence-electron chi connectivity index (χ4n) is 6.32. The molecule has 6 atom stereocenters. The maximum absolute atomic E-state index is 12.7. The minimum Gasteiger partial charge on any atom is -0.502 e. The van der Waals surface area contributed by atoms with Gasteiger partial charge in [-0.2, -0.15) is 0 Å². The normalized spacial score (nSPS) is 28.6. The Balaban J connectivity index is 0.000000239. The van der Waals surface area contributed by atoms with Gasteiger partial charge in [-0.25, -0.2) is 0 Å². The molecule has 236 valence electrons. The first-order chi connectivity index (χ1) is 20.9. The van der Waals surface area contributed by atoms with E-state index >= 15 is 0 Å². The van der Waals surface area contributed by atoms with E-state index in [9.17, 15) is 9.90 Å². The molecule has 3 aliphatic heterocycles. The quantitative estimate of drug-likeness (QED) is 0.354. The molecule has 0 radical (unpaired) electrons. The van der Waals surface area contributed by atoms with Crippen LogP contribution in [0.5, 0.6) is 17.2 Å². The average molecular weight is 603 g/mol. The lowest BCUT2D eigenvalue weighted by molar-refractivity contribution is -0.218. The van der Waals surface area contributed by atoms with Crippen molar-refractivity contribution in [3.05, 3.63) is 52.5 Å². The number of allylic oxidation sites excluding steroid dienone is 4. The molecule has 2 aliphatic carbocycles. The Kier molecular flexibility index (Phi) is 10.2. The summed E-state index contributed by atoms with van der Waals surface area (Å²) < 4.78 is 48.8. The number of esters is 1. The molecule has 11 nitrogen and oxygen atoms in total. The van der Waals surface area contributed by atoms with Crippen LogP contribution in [0.3, 0.4) is 0 Å². The van der Waals surface area contributed by atoms with E-state index in [1.54, 1.807) is 26.4 Å². The lowest BCUT2D eigenvalue weighted by Crippen LogP contribution is -2.34. The van der Waals surface area contributed by atoms with Crippen LogP contribution in [-0.4, -0.2) is 84.6 Å². The number of benzene rings is 1. The largest absolute Gasteiger partial charge is 0.502 e. The van der Waals surface area contributed by atoms with Crippen molar-refractivity contribution >= 4 is 5.97 Å². The van der Waals surface area contributed by atoms with Crippen LogP contribution in [0.15, 0.2) is 46.9 Å². The summed E-state index contributed by atoms with van der Waals surface area (Å²) in [6, 6.07) is 3.57. The summed E-state index contributed by atoms with van der Waals surface area (Å²) in [5.41, 5.74) is 3.13. The van der Waals surface area contributed by atoms with Gasteiger partial charge in [-0.3, -0.25) is 4.79 Å². The molecule has 1 aromatic rings. The molecule has 0 spiro atoms. The molecule has 1 aromatic carbocycles. The van der Waals surface area contributed by atoms with Gasteiger partial charge in [-0.15, -0.1) is 0 Å². The Labute approximate surface area is 252 Å². The maximum atomic E-state index is 12.7. The fourth-order valence-corrected chi connectivity index (χ4v) is 6.32. The van der Waals surface area contributed by atoms with Crippen LogP contribution in [0, 0.1) is 11.8 Å². The summed E-state index contributed by atoms with van der Waals surface area (Å²) in [5, 5.41) is 10.4. The fraction of sp³-hybridized carbons (Fsp3) is 0.594. The van der Waals surface area contributed by atoms with Crippen molar-refractivity contribution in [2.45, 2.75) is 57.2 Å². The van der Waals surface area contributed by atoms with Gasteiger partial charge in [0.05, 0.1) is 39.5 Å². The smallest absolute Gasteiger partial charge is 0.310 e. The molecular weight excluding hydrogens is 560 g/mol. The second kappa shape index (κ2) is 14.0. The van der Waals surface area contributed by atoms with Crippen molar-refractivity contribution in [3.63, 3.8) is 0 Å². The van der Waals surface area contributed by atoms with E-state index < -0.39 is 0 Å². The van der Waals surface area contributed by atoms with Crippen molar-refractivity contribution in [1.29, 1.82) is 0 Å². The van der Waals surface area contributed by atoms with E-state index in [-0.39, 0.29) is 48.2 Å². The number of aromatic hydroxyl groups is 1. The van der Waals surface area contributed by atoms with Crippen molar-refractivity contribution in [2.75, 3.05) is 54.9 Å². The van der Waals surface area contributed by atoms with E-state index in [1.807, 2.05) is 19.1 Å². The second-order valence-corrected chi connectivity index (χ2v) is 11.0. The molecule has 0 amide bonds. The molecule has 0 aromatic heterocycles. The van der Waals surface area contributed by atoms with Gasteiger partial charge in [0.25, 0.3) is 0 Å². The highest BCUT2D eigenvalue weighted by Crippen LogP contribution is 2.53. The molecule has 11 heteroatoms. The molecule has 6 rings (SSSR count). The Morgan fingerprint density at radius 2 is 1.67 bits per heavy atom. The predicted octanol–water partition coefficient (Wildman–Crippen LogP) is 4.35. The van der Waals surface area contributed by atoms with Gasteiger partial charge in [-0.05, 0) is 61.6 Å². The van der Waals surface area contributed by atoms with Gasteiger partial charge in [0.15, 0.2) is 35.6 Å². The molecule has 5 aliphatic rings. The van der Waals surface area contributed by atoms with Gasteiger partial charge in [0.1, 0.15) is 13.2 Å². The number of fused-ring (bicyclic) bond motifs is 2. The monoisotopic (exact) mass is 602 g/mol. The molecule has 3 heterocycles. The molecule has 6 unspecified atom stereocenters. The van der Waals surface area contributed by atoms with Gasteiger partial charge in [0, 0.05) is 32.5 Å². The Bertz CT molecular complexity index is 1220. The van der Waals surface area contributed by atoms with Crippen molar-refractivity contribution in [3.8, 4) is 17.2 Å². The minimum absolute atomic E-state index is 0.0577. The molecule has 0 saturated carbocycles. The van der Waals surface area contributed by atoms with Gasteiger partial charge in [-0.1, -0.05) is 5.57 Å². The standard InChI is InChI=1S/C23H24O7.C9H18O4/c1-26-18-9-13(10-19(27-2)22(18)24)20-15-3-4-16-17(29-6-5-28-16)8-12(15)7-14-11-30-23(25)21(14)20;1-7(10-2)13-8-4-5-9(11-3)12-6-8/h4,8-10,14,20-21,24H,3,5-7,11H2,1-2H3;7-9H,4-6H2,1-3H3. The summed E-state index contributed by atoms with van der Waals surface area (Å²) in [7, 11) is 6.28. The first kappa shape index (κ1) is 31.2. The highest BCUT2D eigenvalue weighted by atomic mass is 16.7. The number of rotatable bonds is 7. The minimum atomic E-state index is -0.290. The number of hydrogen-bond acceptors (Lipinski definition) is 11. The summed E-state index contributed by atoms with van der Waals surface area (Å²) in [4.78, 5) is 12.7. The third-order valence-electron chi connectivity index (χ3n) is 8.54. The third-order valence-corrected chi connectivity index (χ3v) is 8.54. The van der Waals surface area contributed by atoms with Gasteiger partial charge >= 0.3 is 5.97 Å². The van der Waals surface area contributed by atoms with E-state index in [2.05, 4.69) is 0 Å². The number of ether oxygens (including phenoxy) is 9. The zero-order valence-electron chi connectivity index (χ0n) is 25.5. The zero-order valence-corrected chi connectivity index (χ0v) is 25.5. The van der Waals surface area contributed by atoms with E-state index in [1.165, 1.54) is 14.2 Å². The molecule has 3 saturated heterocycles. The summed E-state index contributed by atoms with van der Waals surface area (Å²) in [6.07, 6.45) is 7.24. The first-order valence-corrected chi connectivity index (χ1v) is 14.7. The van der Waals surface area contributed by atoms with Crippen molar-refractivity contribution in [1.82, 2.24) is 0 Å². The Morgan fingerprint density at radius 3 is 2.30 bits per heavy atom. The number of carbonyl (C=O) groups is 1. The van der Waals surface area contributed by atoms with Crippen LogP contribution in [0.4, 0.5) is 0 Å². The first-order valence-electron chi connectivity index (χ1n) is 14.7. The van der Waals surface area contributed by atoms with E-state index in [0.717, 1.165) is 47.5 Å². The number of phenolic OH excluding ortho intramolecular Hbond substituents is 1. The molecule has 3 fully saturated rings. The second-order valence-electron chi connectivity index (χ2n) is 11.0. The van der Waals surface area contributed by atoms with Crippen LogP contribution in [0.1, 0.15) is 44.1 Å². The SMILES string of the molecule is COC(C)OC1CCC(OC)OC1.COc1cc(C2C3=C(C=C4OCCOC4=CC3)CC3COC(=O)C32)cc(OC)c1O. The van der Waals surface area contributed by atoms with E-state index in [0.29, 0.717) is 44.3 Å². The lowest BCUT2D eigenvalue weighted by Gasteiger charge is -2.34. The Morgan fingerprint density at radius 1 is 0.953 bits per heavy atom. The van der Waals surface area contributed by atoms with E-state index in [4.69, 9.17) is 42.6 Å². The van der Waals surface area contributed by atoms with Crippen LogP contribution < -0.4 is 9.47 Å². The maximum Gasteiger partial charge on any atom is 0.310 e. The topological polar surface area (TPSA) is 120 Å². The number of hydrogen-bond donors (Lipinski definition) is 1. The van der Waals surface area contributed by atoms with Crippen LogP contribution >= 0.6 is 0 Å². The lowest BCUT2D eigenvalue weighted by atomic mass is 9.67. The van der Waals surface area contributed by atoms with Crippen molar-refractivity contribution in [2.24, 2.45) is 11.8 Å². The zero-order chi connectivity index (χ0) is 30.5. The summed E-state index contributed by atoms with van der Waals surface area (Å²) >= 11 is 0. The van der Waals surface area contributed by atoms with Crippen molar-refractivity contribution < 1.29 is 52.5 Å². The molecule has 0 bridgehead atoms. The molecule has 43 heavy (non-hydrogen) atoms. The molecule has 1 N–H and O–H groups in total. The molecular formula is C32H42O11. The number of phenols is 1. The average Bonchev–Trinajstić information content (AvgIpc) is 3.29. The van der Waals surface area contributed by atoms with Gasteiger partial charge < -0.3 is 47.7 Å². The van der Waals surface area contributed by atoms with Crippen LogP contribution in [0.25, 0.3) is 0 Å². The third kappa shape index (κ3) is 6.80. The predicted molar refractivity (Wildman–Crippen MR) is 154 cm³/mol. The summed E-state index contributed by atoms with van der Waals surface area (Å²) in [6.45, 7) is 3.93. The highest BCUT2D eigenvalue weighted by Gasteiger charge is 2.48. The number of carbonyl (C=O) groups excluding carboxylic acids is 1. The summed E-state index contributed by atoms with van der Waals surface area (Å²) in [5.74, 6) is 1.45. The van der Waals surface area contributed by atoms with Gasteiger partial charge in [0.2, 0.25) is 5.75 Å². The van der Waals surface area contributed by atoms with Crippen LogP contribution in [-0.2, 0) is 38.0 Å². The number of methoxy groups -OCH3 is 4. The highest BCUT2D eigenvalue weighted by molar-refractivity contribution is 5.78.